The maximum Gasteiger partial charge on any atom is 0.311 e. The van der Waals surface area contributed by atoms with E-state index >= 15 is 0 Å². The van der Waals surface area contributed by atoms with Crippen LogP contribution in [0.25, 0.3) is 0 Å². The second kappa shape index (κ2) is 5.33. The van der Waals surface area contributed by atoms with Gasteiger partial charge in [-0.25, -0.2) is 4.98 Å². The molecule has 0 bridgehead atoms. The first-order valence-corrected chi connectivity index (χ1v) is 5.46. The highest BCUT2D eigenvalue weighted by Crippen LogP contribution is 2.33. The molecule has 0 radical (unpaired) electrons. The highest BCUT2D eigenvalue weighted by molar-refractivity contribution is 6.30. The molecule has 2 aromatic rings. The molecule has 1 heterocycles. The van der Waals surface area contributed by atoms with Crippen molar-refractivity contribution in [1.82, 2.24) is 4.98 Å². The molecule has 19 heavy (non-hydrogen) atoms. The first-order valence-electron chi connectivity index (χ1n) is 5.08. The van der Waals surface area contributed by atoms with E-state index in [-0.39, 0.29) is 22.9 Å². The van der Waals surface area contributed by atoms with Gasteiger partial charge in [-0.3, -0.25) is 10.1 Å². The highest BCUT2D eigenvalue weighted by atomic mass is 35.5. The van der Waals surface area contributed by atoms with E-state index in [1.807, 2.05) is 6.07 Å². The molecule has 0 N–H and O–H groups in total. The van der Waals surface area contributed by atoms with E-state index in [0.29, 0.717) is 5.02 Å². The van der Waals surface area contributed by atoms with Crippen LogP contribution in [0.15, 0.2) is 36.5 Å². The Morgan fingerprint density at radius 3 is 2.84 bits per heavy atom. The summed E-state index contributed by atoms with van der Waals surface area (Å²) in [6.07, 6.45) is 1.38. The smallest absolute Gasteiger partial charge is 0.311 e. The number of aromatic nitrogens is 1. The molecular weight excluding hydrogens is 270 g/mol. The maximum absolute atomic E-state index is 10.9. The number of nitrogens with zero attached hydrogens (tertiary/aromatic N) is 3. The lowest BCUT2D eigenvalue weighted by molar-refractivity contribution is -0.385. The molecule has 1 aromatic carbocycles. The summed E-state index contributed by atoms with van der Waals surface area (Å²) in [4.78, 5) is 14.1. The topological polar surface area (TPSA) is 89.0 Å². The number of nitro groups is 1. The predicted molar refractivity (Wildman–Crippen MR) is 67.1 cm³/mol. The van der Waals surface area contributed by atoms with Gasteiger partial charge in [-0.2, -0.15) is 5.26 Å². The van der Waals surface area contributed by atoms with Gasteiger partial charge >= 0.3 is 5.69 Å². The van der Waals surface area contributed by atoms with Crippen LogP contribution in [-0.4, -0.2) is 9.91 Å². The van der Waals surface area contributed by atoms with Crippen LogP contribution in [0.1, 0.15) is 5.69 Å². The Labute approximate surface area is 113 Å². The Balaban J connectivity index is 2.40. The molecule has 0 atom stereocenters. The fourth-order valence-electron chi connectivity index (χ4n) is 1.38. The third-order valence-corrected chi connectivity index (χ3v) is 2.43. The van der Waals surface area contributed by atoms with Crippen molar-refractivity contribution >= 4 is 17.3 Å². The van der Waals surface area contributed by atoms with Crippen molar-refractivity contribution in [3.63, 3.8) is 0 Å². The van der Waals surface area contributed by atoms with E-state index < -0.39 is 4.92 Å². The van der Waals surface area contributed by atoms with Gasteiger partial charge in [-0.05, 0) is 12.1 Å². The van der Waals surface area contributed by atoms with Crippen LogP contribution in [0.2, 0.25) is 5.02 Å². The molecule has 1 aromatic heterocycles. The van der Waals surface area contributed by atoms with Crippen LogP contribution in [-0.2, 0) is 0 Å². The average molecular weight is 276 g/mol. The normalized spacial score (nSPS) is 9.68. The van der Waals surface area contributed by atoms with Gasteiger partial charge in [0, 0.05) is 29.4 Å². The van der Waals surface area contributed by atoms with Crippen LogP contribution in [0, 0.1) is 21.4 Å². The Kier molecular flexibility index (Phi) is 3.59. The molecule has 0 fully saturated rings. The Bertz CT molecular complexity index is 682. The van der Waals surface area contributed by atoms with Crippen molar-refractivity contribution in [2.75, 3.05) is 0 Å². The Hall–Kier alpha value is -2.65. The number of nitriles is 1. The van der Waals surface area contributed by atoms with E-state index in [2.05, 4.69) is 4.98 Å². The lowest BCUT2D eigenvalue weighted by atomic mass is 10.3. The van der Waals surface area contributed by atoms with E-state index in [9.17, 15) is 10.1 Å². The summed E-state index contributed by atoms with van der Waals surface area (Å²) in [6, 6.07) is 8.72. The third-order valence-electron chi connectivity index (χ3n) is 2.19. The summed E-state index contributed by atoms with van der Waals surface area (Å²) in [5.41, 5.74) is -0.0538. The van der Waals surface area contributed by atoms with Gasteiger partial charge in [-0.1, -0.05) is 11.6 Å². The maximum atomic E-state index is 10.9. The van der Waals surface area contributed by atoms with Gasteiger partial charge in [-0.15, -0.1) is 0 Å². The van der Waals surface area contributed by atoms with Crippen LogP contribution in [0.4, 0.5) is 5.69 Å². The SMILES string of the molecule is N#Cc1cc(Oc2cc(Cl)ccc2[N+](=O)[O-])ccn1. The summed E-state index contributed by atoms with van der Waals surface area (Å²) in [7, 11) is 0. The molecule has 2 rings (SSSR count). The standard InChI is InChI=1S/C12H6ClN3O3/c13-8-1-2-11(16(17)18)12(5-8)19-10-3-4-15-9(6-10)7-14/h1-6H. The van der Waals surface area contributed by atoms with E-state index in [1.165, 1.54) is 36.5 Å². The van der Waals surface area contributed by atoms with Crippen LogP contribution >= 0.6 is 11.6 Å². The molecule has 6 nitrogen and oxygen atoms in total. The van der Waals surface area contributed by atoms with Crippen LogP contribution < -0.4 is 4.74 Å². The molecule has 0 spiro atoms. The molecule has 0 unspecified atom stereocenters. The number of benzene rings is 1. The third kappa shape index (κ3) is 2.97. The minimum atomic E-state index is -0.571. The lowest BCUT2D eigenvalue weighted by Crippen LogP contribution is -1.94. The Morgan fingerprint density at radius 1 is 1.37 bits per heavy atom. The van der Waals surface area contributed by atoms with Gasteiger partial charge in [0.15, 0.2) is 0 Å². The lowest BCUT2D eigenvalue weighted by Gasteiger charge is -2.06. The minimum absolute atomic E-state index is 0.00703. The predicted octanol–water partition coefficient (Wildman–Crippen LogP) is 3.31. The van der Waals surface area contributed by atoms with Crippen LogP contribution in [0.3, 0.4) is 0 Å². The van der Waals surface area contributed by atoms with Gasteiger partial charge in [0.05, 0.1) is 4.92 Å². The number of hydrogen-bond donors (Lipinski definition) is 0. The van der Waals surface area contributed by atoms with Gasteiger partial charge in [0.1, 0.15) is 17.5 Å². The van der Waals surface area contributed by atoms with Gasteiger partial charge < -0.3 is 4.74 Å². The largest absolute Gasteiger partial charge is 0.450 e. The van der Waals surface area contributed by atoms with E-state index in [4.69, 9.17) is 21.6 Å². The van der Waals surface area contributed by atoms with E-state index in [0.717, 1.165) is 0 Å². The quantitative estimate of drug-likeness (QED) is 0.633. The zero-order valence-electron chi connectivity index (χ0n) is 9.41. The number of ether oxygens (including phenoxy) is 1. The summed E-state index contributed by atoms with van der Waals surface area (Å²) in [6.45, 7) is 0. The summed E-state index contributed by atoms with van der Waals surface area (Å²) >= 11 is 5.78. The van der Waals surface area contributed by atoms with Crippen molar-refractivity contribution in [1.29, 1.82) is 5.26 Å². The van der Waals surface area contributed by atoms with Crippen molar-refractivity contribution in [2.45, 2.75) is 0 Å². The second-order valence-electron chi connectivity index (χ2n) is 3.46. The second-order valence-corrected chi connectivity index (χ2v) is 3.90. The van der Waals surface area contributed by atoms with Gasteiger partial charge in [0.25, 0.3) is 0 Å². The molecule has 7 heteroatoms. The fourth-order valence-corrected chi connectivity index (χ4v) is 1.55. The van der Waals surface area contributed by atoms with Crippen molar-refractivity contribution < 1.29 is 9.66 Å². The molecule has 0 saturated carbocycles. The number of pyridine rings is 1. The summed E-state index contributed by atoms with van der Waals surface area (Å²) in [5.74, 6) is 0.282. The van der Waals surface area contributed by atoms with Crippen molar-refractivity contribution in [3.8, 4) is 17.6 Å². The zero-order valence-corrected chi connectivity index (χ0v) is 10.2. The minimum Gasteiger partial charge on any atom is -0.450 e. The van der Waals surface area contributed by atoms with Crippen LogP contribution in [0.5, 0.6) is 11.5 Å². The van der Waals surface area contributed by atoms with Gasteiger partial charge in [0.2, 0.25) is 5.75 Å². The summed E-state index contributed by atoms with van der Waals surface area (Å²) in [5, 5.41) is 19.9. The highest BCUT2D eigenvalue weighted by Gasteiger charge is 2.16. The molecule has 0 aliphatic heterocycles. The first kappa shape index (κ1) is 12.8. The molecule has 0 amide bonds. The van der Waals surface area contributed by atoms with Crippen molar-refractivity contribution in [2.24, 2.45) is 0 Å². The molecule has 0 saturated heterocycles. The summed E-state index contributed by atoms with van der Waals surface area (Å²) < 4.78 is 5.38. The first-order chi connectivity index (χ1) is 9.10. The molecule has 0 aliphatic carbocycles. The number of nitro benzene ring substituents is 1. The molecular formula is C12H6ClN3O3. The fraction of sp³-hybridized carbons (Fsp3) is 0. The number of rotatable bonds is 3. The number of halogens is 1. The van der Waals surface area contributed by atoms with E-state index in [1.54, 1.807) is 0 Å². The molecule has 94 valence electrons. The Morgan fingerprint density at radius 2 is 2.16 bits per heavy atom. The zero-order chi connectivity index (χ0) is 13.8. The monoisotopic (exact) mass is 275 g/mol. The van der Waals surface area contributed by atoms with Crippen molar-refractivity contribution in [3.05, 3.63) is 57.4 Å². The number of hydrogen-bond acceptors (Lipinski definition) is 5. The average Bonchev–Trinajstić information content (AvgIpc) is 2.38. The molecule has 0 aliphatic rings.